The first-order valence-corrected chi connectivity index (χ1v) is 9.41. The summed E-state index contributed by atoms with van der Waals surface area (Å²) in [6.07, 6.45) is 3.36. The van der Waals surface area contributed by atoms with Crippen LogP contribution in [0.3, 0.4) is 0 Å². The van der Waals surface area contributed by atoms with Crippen LogP contribution in [0, 0.1) is 13.8 Å². The first-order valence-electron chi connectivity index (χ1n) is 8.42. The molecular formula is C19H21N5OS. The molecule has 6 nitrogen and oxygen atoms in total. The second-order valence-electron chi connectivity index (χ2n) is 5.89. The molecule has 2 heterocycles. The summed E-state index contributed by atoms with van der Waals surface area (Å²) in [4.78, 5) is 16.3. The predicted octanol–water partition coefficient (Wildman–Crippen LogP) is 3.71. The lowest BCUT2D eigenvalue weighted by Crippen LogP contribution is -2.15. The third-order valence-corrected chi connectivity index (χ3v) is 5.03. The molecule has 7 heteroatoms. The van der Waals surface area contributed by atoms with E-state index in [1.165, 1.54) is 11.8 Å². The van der Waals surface area contributed by atoms with Crippen LogP contribution in [-0.4, -0.2) is 31.4 Å². The number of aryl methyl sites for hydroxylation is 2. The van der Waals surface area contributed by atoms with E-state index < -0.39 is 0 Å². The van der Waals surface area contributed by atoms with Crippen molar-refractivity contribution in [2.24, 2.45) is 0 Å². The van der Waals surface area contributed by atoms with E-state index in [-0.39, 0.29) is 11.7 Å². The Hall–Kier alpha value is -2.67. The zero-order valence-corrected chi connectivity index (χ0v) is 15.9. The van der Waals surface area contributed by atoms with Gasteiger partial charge in [0, 0.05) is 18.3 Å². The number of rotatable bonds is 6. The fourth-order valence-corrected chi connectivity index (χ4v) is 3.42. The van der Waals surface area contributed by atoms with Gasteiger partial charge in [-0.1, -0.05) is 36.0 Å². The van der Waals surface area contributed by atoms with Gasteiger partial charge >= 0.3 is 0 Å². The second kappa shape index (κ2) is 8.14. The molecule has 0 radical (unpaired) electrons. The molecule has 0 spiro atoms. The van der Waals surface area contributed by atoms with E-state index in [1.807, 2.05) is 42.7 Å². The number of nitrogens with zero attached hydrogens (tertiary/aromatic N) is 4. The number of thioether (sulfide) groups is 1. The summed E-state index contributed by atoms with van der Waals surface area (Å²) in [6.45, 7) is 6.78. The zero-order chi connectivity index (χ0) is 18.5. The summed E-state index contributed by atoms with van der Waals surface area (Å²) in [5.41, 5.74) is 3.92. The lowest BCUT2D eigenvalue weighted by atomic mass is 10.1. The number of hydrogen-bond acceptors (Lipinski definition) is 5. The minimum Gasteiger partial charge on any atom is -0.324 e. The number of pyridine rings is 1. The van der Waals surface area contributed by atoms with E-state index in [4.69, 9.17) is 0 Å². The van der Waals surface area contributed by atoms with Gasteiger partial charge in [-0.15, -0.1) is 10.2 Å². The van der Waals surface area contributed by atoms with E-state index in [0.717, 1.165) is 39.9 Å². The third kappa shape index (κ3) is 3.94. The standard InChI is InChI=1S/C19H21N5OS/c1-4-24-18(15-8-6-5-7-13(15)2)22-23-19(24)26-12-17(25)21-16-11-20-10-9-14(16)3/h5-11H,4,12H2,1-3H3,(H,21,25). The lowest BCUT2D eigenvalue weighted by Gasteiger charge is -2.10. The van der Waals surface area contributed by atoms with Crippen molar-refractivity contribution in [2.45, 2.75) is 32.5 Å². The van der Waals surface area contributed by atoms with Crippen molar-refractivity contribution < 1.29 is 4.79 Å². The fourth-order valence-electron chi connectivity index (χ4n) is 2.61. The highest BCUT2D eigenvalue weighted by Gasteiger charge is 2.16. The Labute approximate surface area is 157 Å². The molecule has 0 fully saturated rings. The Balaban J connectivity index is 1.72. The highest BCUT2D eigenvalue weighted by atomic mass is 32.2. The Bertz CT molecular complexity index is 922. The van der Waals surface area contributed by atoms with Crippen molar-refractivity contribution >= 4 is 23.4 Å². The number of carbonyl (C=O) groups is 1. The van der Waals surface area contributed by atoms with Crippen molar-refractivity contribution in [1.29, 1.82) is 0 Å². The van der Waals surface area contributed by atoms with E-state index >= 15 is 0 Å². The maximum atomic E-state index is 12.3. The molecule has 1 aromatic carbocycles. The fraction of sp³-hybridized carbons (Fsp3) is 0.263. The van der Waals surface area contributed by atoms with Crippen LogP contribution in [0.15, 0.2) is 47.9 Å². The van der Waals surface area contributed by atoms with Crippen molar-refractivity contribution in [3.05, 3.63) is 53.9 Å². The molecule has 134 valence electrons. The molecule has 0 aliphatic carbocycles. The molecule has 26 heavy (non-hydrogen) atoms. The van der Waals surface area contributed by atoms with Crippen molar-refractivity contribution in [3.8, 4) is 11.4 Å². The molecule has 0 aliphatic heterocycles. The molecule has 0 saturated heterocycles. The smallest absolute Gasteiger partial charge is 0.234 e. The average Bonchev–Trinajstić information content (AvgIpc) is 3.05. The maximum absolute atomic E-state index is 12.3. The molecule has 0 atom stereocenters. The Kier molecular flexibility index (Phi) is 5.68. The first kappa shape index (κ1) is 18.1. The summed E-state index contributed by atoms with van der Waals surface area (Å²) in [7, 11) is 0. The monoisotopic (exact) mass is 367 g/mol. The van der Waals surface area contributed by atoms with Crippen molar-refractivity contribution in [2.75, 3.05) is 11.1 Å². The molecule has 3 rings (SSSR count). The summed E-state index contributed by atoms with van der Waals surface area (Å²) in [6, 6.07) is 9.96. The molecule has 3 aromatic rings. The molecule has 2 aromatic heterocycles. The normalized spacial score (nSPS) is 10.7. The molecule has 0 saturated carbocycles. The summed E-state index contributed by atoms with van der Waals surface area (Å²) in [5.74, 6) is 1.01. The topological polar surface area (TPSA) is 72.7 Å². The van der Waals surface area contributed by atoms with Crippen LogP contribution in [0.5, 0.6) is 0 Å². The summed E-state index contributed by atoms with van der Waals surface area (Å²) in [5, 5.41) is 12.3. The van der Waals surface area contributed by atoms with Crippen LogP contribution >= 0.6 is 11.8 Å². The predicted molar refractivity (Wildman–Crippen MR) is 104 cm³/mol. The van der Waals surface area contributed by atoms with Crippen LogP contribution in [0.2, 0.25) is 0 Å². The van der Waals surface area contributed by atoms with E-state index in [1.54, 1.807) is 12.4 Å². The largest absolute Gasteiger partial charge is 0.324 e. The number of anilines is 1. The average molecular weight is 367 g/mol. The molecule has 1 amide bonds. The van der Waals surface area contributed by atoms with Crippen molar-refractivity contribution in [1.82, 2.24) is 19.7 Å². The quantitative estimate of drug-likeness (QED) is 0.673. The van der Waals surface area contributed by atoms with Gasteiger partial charge in [0.15, 0.2) is 11.0 Å². The lowest BCUT2D eigenvalue weighted by molar-refractivity contribution is -0.113. The molecule has 0 bridgehead atoms. The summed E-state index contributed by atoms with van der Waals surface area (Å²) >= 11 is 1.38. The van der Waals surface area contributed by atoms with Gasteiger partial charge in [-0.25, -0.2) is 0 Å². The van der Waals surface area contributed by atoms with Gasteiger partial charge in [-0.2, -0.15) is 0 Å². The van der Waals surface area contributed by atoms with Crippen LogP contribution in [-0.2, 0) is 11.3 Å². The highest BCUT2D eigenvalue weighted by Crippen LogP contribution is 2.26. The Morgan fingerprint density at radius 1 is 1.15 bits per heavy atom. The van der Waals surface area contributed by atoms with Gasteiger partial charge in [0.25, 0.3) is 0 Å². The van der Waals surface area contributed by atoms with Gasteiger partial charge in [0.05, 0.1) is 17.6 Å². The maximum Gasteiger partial charge on any atom is 0.234 e. The van der Waals surface area contributed by atoms with Crippen LogP contribution in [0.25, 0.3) is 11.4 Å². The van der Waals surface area contributed by atoms with Crippen LogP contribution in [0.4, 0.5) is 5.69 Å². The number of hydrogen-bond donors (Lipinski definition) is 1. The zero-order valence-electron chi connectivity index (χ0n) is 15.1. The second-order valence-corrected chi connectivity index (χ2v) is 6.84. The first-order chi connectivity index (χ1) is 12.6. The minimum absolute atomic E-state index is 0.0887. The summed E-state index contributed by atoms with van der Waals surface area (Å²) < 4.78 is 2.04. The Morgan fingerprint density at radius 2 is 1.96 bits per heavy atom. The van der Waals surface area contributed by atoms with E-state index in [9.17, 15) is 4.79 Å². The number of benzene rings is 1. The van der Waals surface area contributed by atoms with Crippen LogP contribution < -0.4 is 5.32 Å². The van der Waals surface area contributed by atoms with Gasteiger partial charge in [-0.3, -0.25) is 9.78 Å². The van der Waals surface area contributed by atoms with Crippen molar-refractivity contribution in [3.63, 3.8) is 0 Å². The number of carbonyl (C=O) groups excluding carboxylic acids is 1. The SMILES string of the molecule is CCn1c(SCC(=O)Nc2cnccc2C)nnc1-c1ccccc1C. The van der Waals surface area contributed by atoms with Gasteiger partial charge < -0.3 is 9.88 Å². The molecule has 1 N–H and O–H groups in total. The molecule has 0 unspecified atom stereocenters. The van der Waals surface area contributed by atoms with E-state index in [2.05, 4.69) is 33.5 Å². The minimum atomic E-state index is -0.0887. The Morgan fingerprint density at radius 3 is 2.69 bits per heavy atom. The molecule has 0 aliphatic rings. The van der Waals surface area contributed by atoms with Crippen LogP contribution in [0.1, 0.15) is 18.1 Å². The number of nitrogens with one attached hydrogen (secondary N) is 1. The number of amides is 1. The number of aromatic nitrogens is 4. The highest BCUT2D eigenvalue weighted by molar-refractivity contribution is 7.99. The molecular weight excluding hydrogens is 346 g/mol. The van der Waals surface area contributed by atoms with E-state index in [0.29, 0.717) is 0 Å². The van der Waals surface area contributed by atoms with Gasteiger partial charge in [0.2, 0.25) is 5.91 Å². The third-order valence-electron chi connectivity index (χ3n) is 4.06. The van der Waals surface area contributed by atoms with Gasteiger partial charge in [-0.05, 0) is 38.0 Å². The van der Waals surface area contributed by atoms with Gasteiger partial charge in [0.1, 0.15) is 0 Å².